The van der Waals surface area contributed by atoms with Crippen LogP contribution in [0, 0.1) is 0 Å². The summed E-state index contributed by atoms with van der Waals surface area (Å²) >= 11 is 5.71. The van der Waals surface area contributed by atoms with E-state index >= 15 is 0 Å². The summed E-state index contributed by atoms with van der Waals surface area (Å²) in [5.74, 6) is 0. The minimum absolute atomic E-state index is 0.239. The molecule has 1 unspecified atom stereocenters. The van der Waals surface area contributed by atoms with Gasteiger partial charge in [0.05, 0.1) is 11.5 Å². The lowest BCUT2D eigenvalue weighted by Crippen LogP contribution is -2.07. The van der Waals surface area contributed by atoms with E-state index in [1.54, 1.807) is 6.92 Å². The Hall–Kier alpha value is -0.530. The van der Waals surface area contributed by atoms with Crippen molar-refractivity contribution >= 4 is 11.6 Å². The Bertz CT molecular complexity index is 208. The summed E-state index contributed by atoms with van der Waals surface area (Å²) in [6, 6.07) is 9.41. The van der Waals surface area contributed by atoms with Gasteiger partial charge in [0, 0.05) is 0 Å². The number of aliphatic hydroxyl groups excluding tert-OH is 1. The van der Waals surface area contributed by atoms with Gasteiger partial charge < -0.3 is 5.11 Å². The van der Waals surface area contributed by atoms with Crippen molar-refractivity contribution in [3.63, 3.8) is 0 Å². The lowest BCUT2D eigenvalue weighted by Gasteiger charge is -2.12. The molecule has 0 aliphatic carbocycles. The summed E-state index contributed by atoms with van der Waals surface area (Å²) in [5, 5.41) is 9.23. The molecule has 1 rings (SSSR count). The van der Waals surface area contributed by atoms with Crippen molar-refractivity contribution in [3.05, 3.63) is 35.9 Å². The van der Waals surface area contributed by atoms with Crippen LogP contribution in [-0.4, -0.2) is 10.5 Å². The highest BCUT2D eigenvalue weighted by Crippen LogP contribution is 2.19. The van der Waals surface area contributed by atoms with Crippen molar-refractivity contribution in [3.8, 4) is 0 Å². The van der Waals surface area contributed by atoms with Gasteiger partial charge >= 0.3 is 0 Å². The van der Waals surface area contributed by atoms with Crippen LogP contribution in [0.5, 0.6) is 0 Å². The first-order valence-corrected chi connectivity index (χ1v) is 4.02. The third-order valence-corrected chi connectivity index (χ3v) is 1.81. The second-order valence-electron chi connectivity index (χ2n) is 2.53. The molecule has 1 N–H and O–H groups in total. The van der Waals surface area contributed by atoms with E-state index in [1.807, 2.05) is 30.3 Å². The Morgan fingerprint density at radius 2 is 1.82 bits per heavy atom. The molecule has 0 spiro atoms. The van der Waals surface area contributed by atoms with Crippen LogP contribution in [0.2, 0.25) is 0 Å². The molecule has 60 valence electrons. The fourth-order valence-corrected chi connectivity index (χ4v) is 1.06. The van der Waals surface area contributed by atoms with E-state index in [9.17, 15) is 5.11 Å². The Kier molecular flexibility index (Phi) is 2.92. The van der Waals surface area contributed by atoms with E-state index in [4.69, 9.17) is 11.6 Å². The normalized spacial score (nSPS) is 15.9. The van der Waals surface area contributed by atoms with E-state index in [-0.39, 0.29) is 5.38 Å². The SMILES string of the molecule is CC(Cl)[C@H](O)c1ccccc1. The van der Waals surface area contributed by atoms with Gasteiger partial charge in [0.2, 0.25) is 0 Å². The number of hydrogen-bond donors (Lipinski definition) is 1. The Balaban J connectivity index is 2.77. The van der Waals surface area contributed by atoms with Crippen molar-refractivity contribution in [2.75, 3.05) is 0 Å². The fraction of sp³-hybridized carbons (Fsp3) is 0.333. The minimum atomic E-state index is -0.558. The minimum Gasteiger partial charge on any atom is -0.387 e. The molecule has 0 heterocycles. The summed E-state index contributed by atoms with van der Waals surface area (Å²) in [6.07, 6.45) is -0.558. The van der Waals surface area contributed by atoms with Gasteiger partial charge in [-0.2, -0.15) is 0 Å². The van der Waals surface area contributed by atoms with E-state index < -0.39 is 6.10 Å². The molecule has 0 fully saturated rings. The van der Waals surface area contributed by atoms with E-state index in [2.05, 4.69) is 0 Å². The van der Waals surface area contributed by atoms with Crippen LogP contribution < -0.4 is 0 Å². The van der Waals surface area contributed by atoms with Gasteiger partial charge in [-0.3, -0.25) is 0 Å². The summed E-state index contributed by atoms with van der Waals surface area (Å²) in [7, 11) is 0. The average molecular weight is 171 g/mol. The molecule has 2 heteroatoms. The Morgan fingerprint density at radius 1 is 1.27 bits per heavy atom. The van der Waals surface area contributed by atoms with Crippen LogP contribution in [0.15, 0.2) is 30.3 Å². The topological polar surface area (TPSA) is 20.2 Å². The summed E-state index contributed by atoms with van der Waals surface area (Å²) in [4.78, 5) is 0. The number of rotatable bonds is 2. The van der Waals surface area contributed by atoms with Gasteiger partial charge in [-0.25, -0.2) is 0 Å². The molecule has 11 heavy (non-hydrogen) atoms. The molecule has 0 aliphatic rings. The predicted octanol–water partition coefficient (Wildman–Crippen LogP) is 2.35. The maximum absolute atomic E-state index is 9.47. The second kappa shape index (κ2) is 3.74. The number of halogens is 1. The van der Waals surface area contributed by atoms with Crippen molar-refractivity contribution < 1.29 is 5.11 Å². The van der Waals surface area contributed by atoms with Crippen LogP contribution in [-0.2, 0) is 0 Å². The monoisotopic (exact) mass is 170 g/mol. The summed E-state index contributed by atoms with van der Waals surface area (Å²) in [5.41, 5.74) is 0.870. The maximum Gasteiger partial charge on any atom is 0.0950 e. The largest absolute Gasteiger partial charge is 0.387 e. The molecule has 0 bridgehead atoms. The van der Waals surface area contributed by atoms with Crippen molar-refractivity contribution in [1.29, 1.82) is 0 Å². The highest BCUT2D eigenvalue weighted by molar-refractivity contribution is 6.20. The fourth-order valence-electron chi connectivity index (χ4n) is 0.915. The van der Waals surface area contributed by atoms with Crippen molar-refractivity contribution in [2.24, 2.45) is 0 Å². The average Bonchev–Trinajstić information content (AvgIpc) is 2.05. The first-order chi connectivity index (χ1) is 5.22. The molecule has 0 aromatic heterocycles. The molecule has 1 aromatic rings. The summed E-state index contributed by atoms with van der Waals surface area (Å²) < 4.78 is 0. The molecule has 1 aromatic carbocycles. The first-order valence-electron chi connectivity index (χ1n) is 3.59. The molecule has 0 saturated heterocycles. The zero-order valence-corrected chi connectivity index (χ0v) is 7.12. The number of benzene rings is 1. The number of aliphatic hydroxyl groups is 1. The van der Waals surface area contributed by atoms with Crippen LogP contribution >= 0.6 is 11.6 Å². The van der Waals surface area contributed by atoms with Crippen LogP contribution in [0.25, 0.3) is 0 Å². The van der Waals surface area contributed by atoms with Gasteiger partial charge in [-0.1, -0.05) is 30.3 Å². The van der Waals surface area contributed by atoms with Gasteiger partial charge in [0.1, 0.15) is 0 Å². The van der Waals surface area contributed by atoms with Gasteiger partial charge in [0.15, 0.2) is 0 Å². The number of hydrogen-bond acceptors (Lipinski definition) is 1. The molecular formula is C9H11ClO. The third kappa shape index (κ3) is 2.21. The lowest BCUT2D eigenvalue weighted by atomic mass is 10.1. The molecule has 2 atom stereocenters. The molecule has 0 amide bonds. The van der Waals surface area contributed by atoms with Crippen molar-refractivity contribution in [2.45, 2.75) is 18.4 Å². The Labute approximate surface area is 71.6 Å². The summed E-state index contributed by atoms with van der Waals surface area (Å²) in [6.45, 7) is 1.78. The zero-order chi connectivity index (χ0) is 8.27. The predicted molar refractivity (Wildman–Crippen MR) is 46.7 cm³/mol. The Morgan fingerprint density at radius 3 is 2.27 bits per heavy atom. The number of alkyl halides is 1. The molecule has 1 nitrogen and oxygen atoms in total. The highest BCUT2D eigenvalue weighted by atomic mass is 35.5. The lowest BCUT2D eigenvalue weighted by molar-refractivity contribution is 0.177. The highest BCUT2D eigenvalue weighted by Gasteiger charge is 2.11. The van der Waals surface area contributed by atoms with Crippen molar-refractivity contribution in [1.82, 2.24) is 0 Å². The van der Waals surface area contributed by atoms with Gasteiger partial charge in [0.25, 0.3) is 0 Å². The smallest absolute Gasteiger partial charge is 0.0950 e. The van der Waals surface area contributed by atoms with E-state index in [1.165, 1.54) is 0 Å². The third-order valence-electron chi connectivity index (χ3n) is 1.58. The molecule has 0 radical (unpaired) electrons. The van der Waals surface area contributed by atoms with Crippen LogP contribution in [0.1, 0.15) is 18.6 Å². The zero-order valence-electron chi connectivity index (χ0n) is 6.37. The maximum atomic E-state index is 9.47. The van der Waals surface area contributed by atoms with Gasteiger partial charge in [-0.15, -0.1) is 11.6 Å². The van der Waals surface area contributed by atoms with Gasteiger partial charge in [-0.05, 0) is 12.5 Å². The first kappa shape index (κ1) is 8.57. The van der Waals surface area contributed by atoms with E-state index in [0.717, 1.165) is 5.56 Å². The molecule has 0 saturated carbocycles. The molecular weight excluding hydrogens is 160 g/mol. The standard InChI is InChI=1S/C9H11ClO/c1-7(10)9(11)8-5-3-2-4-6-8/h2-7,9,11H,1H3/t7?,9-/m0/s1. The quantitative estimate of drug-likeness (QED) is 0.676. The van der Waals surface area contributed by atoms with Crippen LogP contribution in [0.3, 0.4) is 0 Å². The second-order valence-corrected chi connectivity index (χ2v) is 3.22. The molecule has 0 aliphatic heterocycles. The van der Waals surface area contributed by atoms with E-state index in [0.29, 0.717) is 0 Å². The van der Waals surface area contributed by atoms with Crippen LogP contribution in [0.4, 0.5) is 0 Å².